The average molecular weight is 244 g/mol. The van der Waals surface area contributed by atoms with E-state index in [-0.39, 0.29) is 0 Å². The normalized spacial score (nSPS) is 10.1. The summed E-state index contributed by atoms with van der Waals surface area (Å²) in [5.74, 6) is 1.33. The van der Waals surface area contributed by atoms with Crippen LogP contribution in [0.25, 0.3) is 0 Å². The van der Waals surface area contributed by atoms with Gasteiger partial charge in [0.2, 0.25) is 5.88 Å². The third kappa shape index (κ3) is 3.41. The summed E-state index contributed by atoms with van der Waals surface area (Å²) in [5.41, 5.74) is 2.26. The molecule has 0 aliphatic rings. The summed E-state index contributed by atoms with van der Waals surface area (Å²) >= 11 is 0. The summed E-state index contributed by atoms with van der Waals surface area (Å²) in [4.78, 5) is 12.3. The van der Waals surface area contributed by atoms with E-state index >= 15 is 0 Å². The van der Waals surface area contributed by atoms with Crippen molar-refractivity contribution in [2.24, 2.45) is 0 Å². The first-order valence-electron chi connectivity index (χ1n) is 5.87. The number of aromatic nitrogens is 3. The maximum atomic E-state index is 5.31. The molecular weight excluding hydrogens is 228 g/mol. The minimum atomic E-state index is 0.581. The van der Waals surface area contributed by atoms with Crippen molar-refractivity contribution in [3.8, 4) is 5.88 Å². The number of pyridine rings is 1. The van der Waals surface area contributed by atoms with E-state index in [0.29, 0.717) is 19.0 Å². The Kier molecular flexibility index (Phi) is 4.06. The van der Waals surface area contributed by atoms with E-state index < -0.39 is 0 Å². The summed E-state index contributed by atoms with van der Waals surface area (Å²) in [6.07, 6.45) is 5.16. The molecule has 5 heteroatoms. The van der Waals surface area contributed by atoms with Crippen molar-refractivity contribution in [2.75, 3.05) is 11.9 Å². The van der Waals surface area contributed by atoms with Crippen LogP contribution in [0.4, 0.5) is 5.82 Å². The second kappa shape index (κ2) is 5.95. The predicted octanol–water partition coefficient (Wildman–Crippen LogP) is 2.19. The van der Waals surface area contributed by atoms with Gasteiger partial charge >= 0.3 is 0 Å². The molecule has 0 saturated heterocycles. The van der Waals surface area contributed by atoms with E-state index in [1.807, 2.05) is 26.2 Å². The van der Waals surface area contributed by atoms with Crippen molar-refractivity contribution in [3.63, 3.8) is 0 Å². The predicted molar refractivity (Wildman–Crippen MR) is 69.5 cm³/mol. The maximum Gasteiger partial charge on any atom is 0.218 e. The van der Waals surface area contributed by atoms with Crippen molar-refractivity contribution < 1.29 is 4.74 Å². The highest BCUT2D eigenvalue weighted by Crippen LogP contribution is 2.12. The zero-order valence-electron chi connectivity index (χ0n) is 10.6. The molecule has 5 nitrogen and oxygen atoms in total. The molecule has 18 heavy (non-hydrogen) atoms. The molecule has 2 heterocycles. The van der Waals surface area contributed by atoms with Crippen molar-refractivity contribution in [1.82, 2.24) is 15.0 Å². The van der Waals surface area contributed by atoms with Crippen LogP contribution in [0.3, 0.4) is 0 Å². The van der Waals surface area contributed by atoms with Gasteiger partial charge in [-0.15, -0.1) is 0 Å². The maximum absolute atomic E-state index is 5.31. The molecule has 0 saturated carbocycles. The minimum absolute atomic E-state index is 0.581. The lowest BCUT2D eigenvalue weighted by Gasteiger charge is -2.07. The number of nitrogens with zero attached hydrogens (tertiary/aromatic N) is 3. The van der Waals surface area contributed by atoms with E-state index in [1.54, 1.807) is 6.07 Å². The van der Waals surface area contributed by atoms with E-state index in [0.717, 1.165) is 16.9 Å². The van der Waals surface area contributed by atoms with Crippen LogP contribution in [0.1, 0.15) is 18.1 Å². The quantitative estimate of drug-likeness (QED) is 0.873. The fourth-order valence-corrected chi connectivity index (χ4v) is 1.57. The first-order chi connectivity index (χ1) is 8.78. The van der Waals surface area contributed by atoms with Gasteiger partial charge in [-0.2, -0.15) is 0 Å². The molecular formula is C13H16N4O. The van der Waals surface area contributed by atoms with Gasteiger partial charge in [-0.3, -0.25) is 4.98 Å². The van der Waals surface area contributed by atoms with Crippen LogP contribution in [-0.2, 0) is 6.54 Å². The molecule has 1 N–H and O–H groups in total. The molecule has 0 radical (unpaired) electrons. The number of nitrogens with one attached hydrogen (secondary N) is 1. The van der Waals surface area contributed by atoms with Crippen LogP contribution in [0, 0.1) is 6.92 Å². The molecule has 0 unspecified atom stereocenters. The first kappa shape index (κ1) is 12.3. The minimum Gasteiger partial charge on any atom is -0.478 e. The summed E-state index contributed by atoms with van der Waals surface area (Å²) in [6, 6.07) is 3.87. The Morgan fingerprint density at radius 1 is 1.22 bits per heavy atom. The molecule has 2 aromatic rings. The molecule has 0 atom stereocenters. The number of rotatable bonds is 5. The molecule has 0 bridgehead atoms. The van der Waals surface area contributed by atoms with E-state index in [1.165, 1.54) is 6.33 Å². The Bertz CT molecular complexity index is 516. The Labute approximate surface area is 106 Å². The van der Waals surface area contributed by atoms with Gasteiger partial charge in [0, 0.05) is 25.0 Å². The lowest BCUT2D eigenvalue weighted by atomic mass is 10.2. The number of anilines is 1. The van der Waals surface area contributed by atoms with Gasteiger partial charge in [0.15, 0.2) is 0 Å². The van der Waals surface area contributed by atoms with Crippen LogP contribution in [0.5, 0.6) is 5.88 Å². The molecule has 94 valence electrons. The van der Waals surface area contributed by atoms with E-state index in [4.69, 9.17) is 4.74 Å². The monoisotopic (exact) mass is 244 g/mol. The molecule has 2 rings (SSSR count). The van der Waals surface area contributed by atoms with Gasteiger partial charge < -0.3 is 10.1 Å². The Morgan fingerprint density at radius 2 is 2.11 bits per heavy atom. The largest absolute Gasteiger partial charge is 0.478 e. The summed E-state index contributed by atoms with van der Waals surface area (Å²) in [6.45, 7) is 5.22. The lowest BCUT2D eigenvalue weighted by molar-refractivity contribution is 0.326. The average Bonchev–Trinajstić information content (AvgIpc) is 2.37. The Balaban J connectivity index is 1.99. The van der Waals surface area contributed by atoms with Gasteiger partial charge in [-0.25, -0.2) is 9.97 Å². The van der Waals surface area contributed by atoms with Crippen molar-refractivity contribution in [2.45, 2.75) is 20.4 Å². The lowest BCUT2D eigenvalue weighted by Crippen LogP contribution is -2.03. The molecule has 0 aliphatic heterocycles. The Morgan fingerprint density at radius 3 is 2.89 bits per heavy atom. The zero-order valence-corrected chi connectivity index (χ0v) is 10.6. The van der Waals surface area contributed by atoms with Crippen molar-refractivity contribution in [1.29, 1.82) is 0 Å². The van der Waals surface area contributed by atoms with Crippen LogP contribution in [0.15, 0.2) is 30.9 Å². The third-order valence-electron chi connectivity index (χ3n) is 2.34. The van der Waals surface area contributed by atoms with E-state index in [2.05, 4.69) is 26.3 Å². The number of hydrogen-bond donors (Lipinski definition) is 1. The molecule has 0 fully saturated rings. The van der Waals surface area contributed by atoms with Crippen molar-refractivity contribution >= 4 is 5.82 Å². The molecule has 2 aromatic heterocycles. The van der Waals surface area contributed by atoms with Gasteiger partial charge in [-0.1, -0.05) is 6.07 Å². The fourth-order valence-electron chi connectivity index (χ4n) is 1.57. The molecule has 0 aliphatic carbocycles. The second-order valence-corrected chi connectivity index (χ2v) is 3.90. The third-order valence-corrected chi connectivity index (χ3v) is 2.34. The Hall–Kier alpha value is -2.17. The SMILES string of the molecule is CCOc1cc(NCc2cncc(C)c2)ncn1. The van der Waals surface area contributed by atoms with Gasteiger partial charge in [0.1, 0.15) is 12.1 Å². The zero-order chi connectivity index (χ0) is 12.8. The smallest absolute Gasteiger partial charge is 0.218 e. The van der Waals surface area contributed by atoms with Crippen LogP contribution in [0.2, 0.25) is 0 Å². The molecule has 0 spiro atoms. The summed E-state index contributed by atoms with van der Waals surface area (Å²) in [7, 11) is 0. The van der Waals surface area contributed by atoms with Gasteiger partial charge in [0.05, 0.1) is 6.61 Å². The highest BCUT2D eigenvalue weighted by atomic mass is 16.5. The fraction of sp³-hybridized carbons (Fsp3) is 0.308. The highest BCUT2D eigenvalue weighted by molar-refractivity contribution is 5.38. The van der Waals surface area contributed by atoms with E-state index in [9.17, 15) is 0 Å². The summed E-state index contributed by atoms with van der Waals surface area (Å²) in [5, 5.41) is 3.22. The molecule has 0 aromatic carbocycles. The van der Waals surface area contributed by atoms with Crippen LogP contribution >= 0.6 is 0 Å². The number of aryl methyl sites for hydroxylation is 1. The van der Waals surface area contributed by atoms with Crippen LogP contribution < -0.4 is 10.1 Å². The van der Waals surface area contributed by atoms with Gasteiger partial charge in [0.25, 0.3) is 0 Å². The molecule has 0 amide bonds. The van der Waals surface area contributed by atoms with Crippen LogP contribution in [-0.4, -0.2) is 21.6 Å². The topological polar surface area (TPSA) is 59.9 Å². The number of hydrogen-bond acceptors (Lipinski definition) is 5. The standard InChI is InChI=1S/C13H16N4O/c1-3-18-13-5-12(16-9-17-13)15-8-11-4-10(2)6-14-7-11/h4-7,9H,3,8H2,1-2H3,(H,15,16,17). The second-order valence-electron chi connectivity index (χ2n) is 3.90. The summed E-state index contributed by atoms with van der Waals surface area (Å²) < 4.78 is 5.31. The highest BCUT2D eigenvalue weighted by Gasteiger charge is 1.99. The van der Waals surface area contributed by atoms with Gasteiger partial charge in [-0.05, 0) is 25.0 Å². The van der Waals surface area contributed by atoms with Crippen molar-refractivity contribution in [3.05, 3.63) is 42.0 Å². The number of ether oxygens (including phenoxy) is 1. The first-order valence-corrected chi connectivity index (χ1v) is 5.87.